The van der Waals surface area contributed by atoms with E-state index in [9.17, 15) is 0 Å². The first kappa shape index (κ1) is 14.0. The van der Waals surface area contributed by atoms with Crippen LogP contribution in [0.25, 0.3) is 0 Å². The van der Waals surface area contributed by atoms with Crippen LogP contribution in [0.4, 0.5) is 0 Å². The minimum Gasteiger partial charge on any atom is -0.497 e. The molecule has 2 nitrogen and oxygen atoms in total. The van der Waals surface area contributed by atoms with Gasteiger partial charge >= 0.3 is 0 Å². The fourth-order valence-corrected chi connectivity index (χ4v) is 2.22. The number of ether oxygens (including phenoxy) is 1. The lowest BCUT2D eigenvalue weighted by Crippen LogP contribution is -2.22. The topological polar surface area (TPSA) is 21.3 Å². The van der Waals surface area contributed by atoms with Gasteiger partial charge in [0.15, 0.2) is 0 Å². The van der Waals surface area contributed by atoms with Gasteiger partial charge in [0, 0.05) is 0 Å². The van der Waals surface area contributed by atoms with Crippen molar-refractivity contribution in [2.45, 2.75) is 33.1 Å². The summed E-state index contributed by atoms with van der Waals surface area (Å²) >= 11 is 0. The smallest absolute Gasteiger partial charge is 0.118 e. The zero-order chi connectivity index (χ0) is 12.9. The Morgan fingerprint density at radius 2 is 1.76 bits per heavy atom. The van der Waals surface area contributed by atoms with Crippen molar-refractivity contribution in [3.05, 3.63) is 29.8 Å². The Morgan fingerprint density at radius 1 is 1.18 bits per heavy atom. The third-order valence-electron chi connectivity index (χ3n) is 3.25. The number of rotatable bonds is 5. The molecule has 1 N–H and O–H groups in total. The van der Waals surface area contributed by atoms with E-state index in [4.69, 9.17) is 4.74 Å². The van der Waals surface area contributed by atoms with Crippen molar-refractivity contribution in [2.24, 2.45) is 5.41 Å². The zero-order valence-electron chi connectivity index (χ0n) is 11.7. The molecule has 0 aliphatic heterocycles. The molecular formula is C15H25NO. The van der Waals surface area contributed by atoms with E-state index in [1.807, 2.05) is 19.2 Å². The molecule has 1 unspecified atom stereocenters. The number of nitrogens with one attached hydrogen (secondary N) is 1. The molecule has 1 rings (SSSR count). The highest BCUT2D eigenvalue weighted by Crippen LogP contribution is 2.37. The second-order valence-electron chi connectivity index (χ2n) is 5.58. The van der Waals surface area contributed by atoms with E-state index in [2.05, 4.69) is 38.2 Å². The van der Waals surface area contributed by atoms with Gasteiger partial charge in [-0.2, -0.15) is 0 Å². The van der Waals surface area contributed by atoms with Crippen molar-refractivity contribution in [1.82, 2.24) is 5.32 Å². The van der Waals surface area contributed by atoms with Gasteiger partial charge in [-0.15, -0.1) is 0 Å². The molecule has 1 atom stereocenters. The van der Waals surface area contributed by atoms with Crippen molar-refractivity contribution in [3.63, 3.8) is 0 Å². The lowest BCUT2D eigenvalue weighted by molar-refractivity contribution is 0.303. The van der Waals surface area contributed by atoms with Crippen molar-refractivity contribution in [3.8, 4) is 5.75 Å². The summed E-state index contributed by atoms with van der Waals surface area (Å²) in [5.41, 5.74) is 1.68. The SMILES string of the molecule is CNCCC(c1ccc(OC)cc1)C(C)(C)C. The standard InChI is InChI=1S/C15H25NO/c1-15(2,3)14(10-11-16-4)12-6-8-13(17-5)9-7-12/h6-9,14,16H,10-11H2,1-5H3. The van der Waals surface area contributed by atoms with Gasteiger partial charge in [0.1, 0.15) is 5.75 Å². The number of benzene rings is 1. The quantitative estimate of drug-likeness (QED) is 0.844. The van der Waals surface area contributed by atoms with Crippen LogP contribution >= 0.6 is 0 Å². The van der Waals surface area contributed by atoms with E-state index in [1.165, 1.54) is 5.56 Å². The summed E-state index contributed by atoms with van der Waals surface area (Å²) in [4.78, 5) is 0. The van der Waals surface area contributed by atoms with Crippen LogP contribution in [0.3, 0.4) is 0 Å². The summed E-state index contributed by atoms with van der Waals surface area (Å²) in [5, 5.41) is 3.24. The van der Waals surface area contributed by atoms with Gasteiger partial charge in [0.25, 0.3) is 0 Å². The minimum absolute atomic E-state index is 0.283. The Morgan fingerprint density at radius 3 is 2.18 bits per heavy atom. The molecule has 0 saturated carbocycles. The monoisotopic (exact) mass is 235 g/mol. The summed E-state index contributed by atoms with van der Waals surface area (Å²) in [6.07, 6.45) is 1.16. The van der Waals surface area contributed by atoms with E-state index in [0.29, 0.717) is 5.92 Å². The van der Waals surface area contributed by atoms with E-state index < -0.39 is 0 Å². The predicted molar refractivity (Wildman–Crippen MR) is 73.7 cm³/mol. The first-order valence-corrected chi connectivity index (χ1v) is 6.27. The van der Waals surface area contributed by atoms with Crippen molar-refractivity contribution >= 4 is 0 Å². The fourth-order valence-electron chi connectivity index (χ4n) is 2.22. The molecule has 17 heavy (non-hydrogen) atoms. The third-order valence-corrected chi connectivity index (χ3v) is 3.25. The van der Waals surface area contributed by atoms with Crippen LogP contribution in [0.15, 0.2) is 24.3 Å². The van der Waals surface area contributed by atoms with Crippen LogP contribution in [0.1, 0.15) is 38.7 Å². The lowest BCUT2D eigenvalue weighted by Gasteiger charge is -2.31. The number of methoxy groups -OCH3 is 1. The highest BCUT2D eigenvalue weighted by atomic mass is 16.5. The van der Waals surface area contributed by atoms with Crippen LogP contribution in [-0.4, -0.2) is 20.7 Å². The number of hydrogen-bond acceptors (Lipinski definition) is 2. The molecule has 96 valence electrons. The average molecular weight is 235 g/mol. The fraction of sp³-hybridized carbons (Fsp3) is 0.600. The molecule has 0 heterocycles. The molecule has 0 radical (unpaired) electrons. The maximum atomic E-state index is 5.20. The van der Waals surface area contributed by atoms with E-state index in [-0.39, 0.29) is 5.41 Å². The summed E-state index contributed by atoms with van der Waals surface area (Å²) in [5.74, 6) is 1.50. The van der Waals surface area contributed by atoms with Crippen molar-refractivity contribution in [1.29, 1.82) is 0 Å². The maximum absolute atomic E-state index is 5.20. The van der Waals surface area contributed by atoms with E-state index in [1.54, 1.807) is 7.11 Å². The maximum Gasteiger partial charge on any atom is 0.118 e. The van der Waals surface area contributed by atoms with Gasteiger partial charge in [-0.25, -0.2) is 0 Å². The van der Waals surface area contributed by atoms with Crippen LogP contribution in [0.2, 0.25) is 0 Å². The highest BCUT2D eigenvalue weighted by molar-refractivity contribution is 5.30. The molecule has 0 spiro atoms. The summed E-state index contributed by atoms with van der Waals surface area (Å²) in [6.45, 7) is 7.96. The Labute approximate surface area is 105 Å². The van der Waals surface area contributed by atoms with Crippen molar-refractivity contribution < 1.29 is 4.74 Å². The van der Waals surface area contributed by atoms with Gasteiger partial charge in [-0.05, 0) is 49.0 Å². The Kier molecular flexibility index (Phi) is 5.01. The van der Waals surface area contributed by atoms with Crippen LogP contribution in [0, 0.1) is 5.41 Å². The van der Waals surface area contributed by atoms with Crippen molar-refractivity contribution in [2.75, 3.05) is 20.7 Å². The third kappa shape index (κ3) is 4.04. The van der Waals surface area contributed by atoms with E-state index in [0.717, 1.165) is 18.7 Å². The van der Waals surface area contributed by atoms with Gasteiger partial charge < -0.3 is 10.1 Å². The first-order chi connectivity index (χ1) is 7.99. The largest absolute Gasteiger partial charge is 0.497 e. The molecule has 1 aromatic rings. The molecule has 2 heteroatoms. The molecule has 1 aromatic carbocycles. The molecule has 0 aliphatic rings. The van der Waals surface area contributed by atoms with Gasteiger partial charge in [0.2, 0.25) is 0 Å². The number of hydrogen-bond donors (Lipinski definition) is 1. The molecule has 0 aliphatic carbocycles. The van der Waals surface area contributed by atoms with Crippen LogP contribution in [-0.2, 0) is 0 Å². The summed E-state index contributed by atoms with van der Waals surface area (Å²) < 4.78 is 5.20. The van der Waals surface area contributed by atoms with E-state index >= 15 is 0 Å². The first-order valence-electron chi connectivity index (χ1n) is 6.27. The molecule has 0 fully saturated rings. The Hall–Kier alpha value is -1.02. The van der Waals surface area contributed by atoms with Crippen LogP contribution in [0.5, 0.6) is 5.75 Å². The summed E-state index contributed by atoms with van der Waals surface area (Å²) in [7, 11) is 3.71. The molecule has 0 saturated heterocycles. The zero-order valence-corrected chi connectivity index (χ0v) is 11.7. The molecular weight excluding hydrogens is 210 g/mol. The molecule has 0 amide bonds. The lowest BCUT2D eigenvalue weighted by atomic mass is 9.74. The predicted octanol–water partition coefficient (Wildman–Crippen LogP) is 3.43. The Balaban J connectivity index is 2.88. The normalized spacial score (nSPS) is 13.5. The Bertz CT molecular complexity index is 324. The average Bonchev–Trinajstić information content (AvgIpc) is 2.29. The van der Waals surface area contributed by atoms with Crippen LogP contribution < -0.4 is 10.1 Å². The molecule has 0 aromatic heterocycles. The molecule has 0 bridgehead atoms. The van der Waals surface area contributed by atoms with Gasteiger partial charge in [-0.3, -0.25) is 0 Å². The second-order valence-corrected chi connectivity index (χ2v) is 5.58. The highest BCUT2D eigenvalue weighted by Gasteiger charge is 2.25. The second kappa shape index (κ2) is 6.06. The van der Waals surface area contributed by atoms with Gasteiger partial charge in [0.05, 0.1) is 7.11 Å². The van der Waals surface area contributed by atoms with Gasteiger partial charge in [-0.1, -0.05) is 32.9 Å². The summed E-state index contributed by atoms with van der Waals surface area (Å²) in [6, 6.07) is 8.47. The minimum atomic E-state index is 0.283.